The number of hydrogen-bond donors (Lipinski definition) is 2. The van der Waals surface area contributed by atoms with Crippen molar-refractivity contribution in [2.45, 2.75) is 25.8 Å². The molecule has 1 saturated heterocycles. The lowest BCUT2D eigenvalue weighted by Crippen LogP contribution is -2.28. The molecule has 2 N–H and O–H groups in total. The van der Waals surface area contributed by atoms with E-state index in [9.17, 15) is 0 Å². The Hall–Kier alpha value is -2.37. The molecule has 1 fully saturated rings. The molecule has 0 radical (unpaired) electrons. The molecule has 1 aromatic carbocycles. The first-order chi connectivity index (χ1) is 13.3. The van der Waals surface area contributed by atoms with Crippen LogP contribution in [-0.2, 0) is 6.54 Å². The van der Waals surface area contributed by atoms with Gasteiger partial charge < -0.3 is 14.9 Å². The second kappa shape index (κ2) is 6.98. The number of H-pyrrole nitrogens is 1. The van der Waals surface area contributed by atoms with Gasteiger partial charge in [0, 0.05) is 23.2 Å². The van der Waals surface area contributed by atoms with Gasteiger partial charge in [-0.25, -0.2) is 4.98 Å². The summed E-state index contributed by atoms with van der Waals surface area (Å²) in [5, 5.41) is 5.27. The Morgan fingerprint density at radius 1 is 1.15 bits per heavy atom. The van der Waals surface area contributed by atoms with Gasteiger partial charge in [0.1, 0.15) is 5.52 Å². The van der Waals surface area contributed by atoms with E-state index in [0.717, 1.165) is 65.4 Å². The number of rotatable bonds is 4. The van der Waals surface area contributed by atoms with Crippen LogP contribution in [0.15, 0.2) is 42.7 Å². The average Bonchev–Trinajstić information content (AvgIpc) is 3.34. The third-order valence-corrected chi connectivity index (χ3v) is 5.83. The Bertz CT molecular complexity index is 1080. The lowest BCUT2D eigenvalue weighted by atomic mass is 9.94. The SMILES string of the molecule is Clc1ccc2c(c1)ncc1nc(-c3ccc[nH]3)n(CCC3CCNCC3)c12. The molecule has 138 valence electrons. The Morgan fingerprint density at radius 3 is 2.85 bits per heavy atom. The van der Waals surface area contributed by atoms with E-state index in [1.54, 1.807) is 0 Å². The average molecular weight is 380 g/mol. The minimum absolute atomic E-state index is 0.708. The van der Waals surface area contributed by atoms with Crippen LogP contribution in [0.25, 0.3) is 33.5 Å². The van der Waals surface area contributed by atoms with Crippen molar-refractivity contribution in [2.24, 2.45) is 5.92 Å². The second-order valence-electron chi connectivity index (χ2n) is 7.31. The molecule has 0 atom stereocenters. The predicted molar refractivity (Wildman–Crippen MR) is 110 cm³/mol. The van der Waals surface area contributed by atoms with Gasteiger partial charge >= 0.3 is 0 Å². The molecule has 4 heterocycles. The van der Waals surface area contributed by atoms with Crippen molar-refractivity contribution in [1.82, 2.24) is 24.8 Å². The van der Waals surface area contributed by atoms with Crippen molar-refractivity contribution in [1.29, 1.82) is 0 Å². The number of aromatic amines is 1. The first-order valence-corrected chi connectivity index (χ1v) is 9.96. The zero-order valence-electron chi connectivity index (χ0n) is 15.1. The summed E-state index contributed by atoms with van der Waals surface area (Å²) in [6, 6.07) is 10.0. The number of nitrogens with zero attached hydrogens (tertiary/aromatic N) is 3. The van der Waals surface area contributed by atoms with Gasteiger partial charge in [0.25, 0.3) is 0 Å². The predicted octanol–water partition coefficient (Wildman–Crippen LogP) is 4.62. The van der Waals surface area contributed by atoms with Crippen molar-refractivity contribution in [3.8, 4) is 11.5 Å². The zero-order valence-corrected chi connectivity index (χ0v) is 15.8. The molecule has 1 aliphatic rings. The van der Waals surface area contributed by atoms with E-state index >= 15 is 0 Å². The summed E-state index contributed by atoms with van der Waals surface area (Å²) in [6.07, 6.45) is 7.48. The molecule has 0 spiro atoms. The van der Waals surface area contributed by atoms with Crippen LogP contribution in [0.5, 0.6) is 0 Å². The van der Waals surface area contributed by atoms with Crippen LogP contribution in [0.1, 0.15) is 19.3 Å². The quantitative estimate of drug-likeness (QED) is 0.543. The van der Waals surface area contributed by atoms with Gasteiger partial charge in [-0.3, -0.25) is 4.98 Å². The summed E-state index contributed by atoms with van der Waals surface area (Å²) in [6.45, 7) is 3.21. The van der Waals surface area contributed by atoms with Crippen LogP contribution >= 0.6 is 11.6 Å². The monoisotopic (exact) mass is 379 g/mol. The summed E-state index contributed by atoms with van der Waals surface area (Å²) >= 11 is 6.19. The Kier molecular flexibility index (Phi) is 4.34. The van der Waals surface area contributed by atoms with Gasteiger partial charge in [0.05, 0.1) is 22.9 Å². The molecule has 0 bridgehead atoms. The lowest BCUT2D eigenvalue weighted by molar-refractivity contribution is 0.340. The minimum Gasteiger partial charge on any atom is -0.359 e. The number of benzene rings is 1. The smallest absolute Gasteiger partial charge is 0.157 e. The fraction of sp³-hybridized carbons (Fsp3) is 0.333. The van der Waals surface area contributed by atoms with Gasteiger partial charge in [0.15, 0.2) is 5.82 Å². The summed E-state index contributed by atoms with van der Waals surface area (Å²) in [7, 11) is 0. The van der Waals surface area contributed by atoms with Gasteiger partial charge in [-0.1, -0.05) is 11.6 Å². The summed E-state index contributed by atoms with van der Waals surface area (Å²) < 4.78 is 2.36. The van der Waals surface area contributed by atoms with E-state index in [1.807, 2.05) is 30.6 Å². The van der Waals surface area contributed by atoms with Crippen LogP contribution in [0.2, 0.25) is 5.02 Å². The number of halogens is 1. The molecule has 6 heteroatoms. The van der Waals surface area contributed by atoms with Crippen LogP contribution in [0.4, 0.5) is 0 Å². The highest BCUT2D eigenvalue weighted by Crippen LogP contribution is 2.31. The second-order valence-corrected chi connectivity index (χ2v) is 7.74. The largest absolute Gasteiger partial charge is 0.359 e. The number of fused-ring (bicyclic) bond motifs is 3. The summed E-state index contributed by atoms with van der Waals surface area (Å²) in [5.74, 6) is 1.75. The third-order valence-electron chi connectivity index (χ3n) is 5.59. The molecular weight excluding hydrogens is 358 g/mol. The molecule has 0 aliphatic carbocycles. The Morgan fingerprint density at radius 2 is 2.04 bits per heavy atom. The van der Waals surface area contributed by atoms with E-state index in [4.69, 9.17) is 16.6 Å². The number of nitrogens with one attached hydrogen (secondary N) is 2. The van der Waals surface area contributed by atoms with Crippen molar-refractivity contribution in [3.63, 3.8) is 0 Å². The number of piperidine rings is 1. The molecule has 27 heavy (non-hydrogen) atoms. The topological polar surface area (TPSA) is 58.5 Å². The maximum atomic E-state index is 6.19. The highest BCUT2D eigenvalue weighted by molar-refractivity contribution is 6.31. The van der Waals surface area contributed by atoms with Crippen molar-refractivity contribution in [2.75, 3.05) is 13.1 Å². The summed E-state index contributed by atoms with van der Waals surface area (Å²) in [5.41, 5.74) is 4.03. The Balaban J connectivity index is 1.65. The zero-order chi connectivity index (χ0) is 18.2. The molecule has 0 saturated carbocycles. The molecule has 5 nitrogen and oxygen atoms in total. The van der Waals surface area contributed by atoms with Crippen molar-refractivity contribution < 1.29 is 0 Å². The molecule has 0 amide bonds. The third kappa shape index (κ3) is 3.11. The standard InChI is InChI=1S/C21H22ClN5/c22-15-3-4-16-18(12-15)25-13-19-20(16)27(11-7-14-5-9-23-10-6-14)21(26-19)17-2-1-8-24-17/h1-4,8,12-14,23-24H,5-7,9-11H2. The molecule has 0 unspecified atom stereocenters. The number of aryl methyl sites for hydroxylation is 1. The van der Waals surface area contributed by atoms with Crippen molar-refractivity contribution >= 4 is 33.5 Å². The van der Waals surface area contributed by atoms with Crippen LogP contribution < -0.4 is 5.32 Å². The van der Waals surface area contributed by atoms with Gasteiger partial charge in [-0.2, -0.15) is 0 Å². The van der Waals surface area contributed by atoms with Gasteiger partial charge in [-0.15, -0.1) is 0 Å². The lowest BCUT2D eigenvalue weighted by Gasteiger charge is -2.23. The Labute approximate surface area is 162 Å². The molecule has 1 aliphatic heterocycles. The van der Waals surface area contributed by atoms with Crippen LogP contribution in [-0.4, -0.2) is 32.6 Å². The van der Waals surface area contributed by atoms with E-state index in [-0.39, 0.29) is 0 Å². The van der Waals surface area contributed by atoms with Gasteiger partial charge in [-0.05, 0) is 68.6 Å². The number of aromatic nitrogens is 4. The van der Waals surface area contributed by atoms with E-state index < -0.39 is 0 Å². The fourth-order valence-corrected chi connectivity index (χ4v) is 4.33. The van der Waals surface area contributed by atoms with Crippen LogP contribution in [0.3, 0.4) is 0 Å². The summed E-state index contributed by atoms with van der Waals surface area (Å²) in [4.78, 5) is 12.8. The highest BCUT2D eigenvalue weighted by Gasteiger charge is 2.19. The van der Waals surface area contributed by atoms with Crippen LogP contribution in [0, 0.1) is 5.92 Å². The molecule has 4 aromatic rings. The maximum absolute atomic E-state index is 6.19. The number of hydrogen-bond acceptors (Lipinski definition) is 3. The fourth-order valence-electron chi connectivity index (χ4n) is 4.16. The first-order valence-electron chi connectivity index (χ1n) is 9.58. The van der Waals surface area contributed by atoms with E-state index in [2.05, 4.69) is 32.0 Å². The van der Waals surface area contributed by atoms with E-state index in [1.165, 1.54) is 12.8 Å². The highest BCUT2D eigenvalue weighted by atomic mass is 35.5. The van der Waals surface area contributed by atoms with E-state index in [0.29, 0.717) is 5.02 Å². The van der Waals surface area contributed by atoms with Crippen molar-refractivity contribution in [3.05, 3.63) is 47.7 Å². The maximum Gasteiger partial charge on any atom is 0.157 e. The molecular formula is C21H22ClN5. The number of imidazole rings is 1. The molecule has 5 rings (SSSR count). The normalized spacial score (nSPS) is 15.7. The molecule has 3 aromatic heterocycles. The van der Waals surface area contributed by atoms with Gasteiger partial charge in [0.2, 0.25) is 0 Å². The first kappa shape index (κ1) is 16.8. The minimum atomic E-state index is 0.708. The number of pyridine rings is 1.